The van der Waals surface area contributed by atoms with Crippen molar-refractivity contribution in [1.82, 2.24) is 0 Å². The van der Waals surface area contributed by atoms with Crippen molar-refractivity contribution in [1.29, 1.82) is 0 Å². The summed E-state index contributed by atoms with van der Waals surface area (Å²) in [5, 5.41) is 0. The van der Waals surface area contributed by atoms with Crippen LogP contribution < -0.4 is 0 Å². The summed E-state index contributed by atoms with van der Waals surface area (Å²) in [4.78, 5) is 0. The molecule has 0 aromatic rings. The first-order valence-electron chi connectivity index (χ1n) is 3.47. The number of allylic oxidation sites excluding steroid dienone is 4. The van der Waals surface area contributed by atoms with E-state index in [1.807, 2.05) is 3.33 Å². The summed E-state index contributed by atoms with van der Waals surface area (Å²) >= 11 is -1.57. The third-order valence-electron chi connectivity index (χ3n) is 1.73. The van der Waals surface area contributed by atoms with Gasteiger partial charge in [0.1, 0.15) is 0 Å². The summed E-state index contributed by atoms with van der Waals surface area (Å²) in [7, 11) is 1.48. The number of hydrogen-bond donors (Lipinski definition) is 0. The molecule has 0 bridgehead atoms. The number of hydrogen-bond acceptors (Lipinski definition) is 0. The van der Waals surface area contributed by atoms with Gasteiger partial charge in [0.2, 0.25) is 0 Å². The molecule has 0 atom stereocenters. The molecule has 0 fully saturated rings. The molecular formula is C7H15ClHfSi. The van der Waals surface area contributed by atoms with E-state index in [1.165, 1.54) is 13.9 Å². The van der Waals surface area contributed by atoms with Gasteiger partial charge in [-0.3, -0.25) is 0 Å². The van der Waals surface area contributed by atoms with Gasteiger partial charge in [-0.15, -0.1) is 12.4 Å². The molecule has 0 aromatic heterocycles. The standard InChI is InChI=1S/C5H5.2CH3.ClH.Hf.H3Si/c1-2-4-5-3-1;;;;;/h1-3H,4H2;2*1H3;1H;;1H3. The fraction of sp³-hybridized carbons (Fsp3) is 0.429. The van der Waals surface area contributed by atoms with Gasteiger partial charge in [-0.05, 0) is 0 Å². The van der Waals surface area contributed by atoms with Crippen LogP contribution >= 0.6 is 12.4 Å². The van der Waals surface area contributed by atoms with Gasteiger partial charge in [0, 0.05) is 0 Å². The van der Waals surface area contributed by atoms with Crippen LogP contribution in [0.4, 0.5) is 0 Å². The topological polar surface area (TPSA) is 0 Å². The van der Waals surface area contributed by atoms with E-state index in [2.05, 4.69) is 27.6 Å². The van der Waals surface area contributed by atoms with Gasteiger partial charge in [0.05, 0.1) is 0 Å². The summed E-state index contributed by atoms with van der Waals surface area (Å²) in [6.45, 7) is 0. The fourth-order valence-corrected chi connectivity index (χ4v) is 8.80. The molecule has 0 saturated heterocycles. The molecule has 58 valence electrons. The van der Waals surface area contributed by atoms with Crippen molar-refractivity contribution < 1.29 is 19.1 Å². The maximum absolute atomic E-state index is 2.54. The molecule has 0 saturated carbocycles. The van der Waals surface area contributed by atoms with Crippen LogP contribution in [-0.2, 0) is 19.1 Å². The zero-order chi connectivity index (χ0) is 6.91. The minimum atomic E-state index is -1.57. The van der Waals surface area contributed by atoms with E-state index in [0.29, 0.717) is 0 Å². The average Bonchev–Trinajstić information content (AvgIpc) is 2.08. The monoisotopic (exact) mass is 342 g/mol. The molecule has 0 nitrogen and oxygen atoms in total. The van der Waals surface area contributed by atoms with E-state index in [1.54, 1.807) is 0 Å². The van der Waals surface area contributed by atoms with Crippen LogP contribution in [0.3, 0.4) is 0 Å². The molecular weight excluding hydrogens is 326 g/mol. The van der Waals surface area contributed by atoms with E-state index in [0.717, 1.165) is 0 Å². The average molecular weight is 341 g/mol. The van der Waals surface area contributed by atoms with Crippen molar-refractivity contribution in [2.45, 2.75) is 15.8 Å². The van der Waals surface area contributed by atoms with Crippen LogP contribution in [0.2, 0.25) is 9.36 Å². The van der Waals surface area contributed by atoms with Crippen molar-refractivity contribution >= 4 is 19.8 Å². The Balaban J connectivity index is 0.000000810. The first kappa shape index (κ1) is 10.9. The van der Waals surface area contributed by atoms with Gasteiger partial charge >= 0.3 is 63.9 Å². The van der Waals surface area contributed by atoms with Gasteiger partial charge in [-0.1, -0.05) is 0 Å². The summed E-state index contributed by atoms with van der Waals surface area (Å²) in [5.41, 5.74) is 0. The molecule has 0 spiro atoms. The SMILES string of the molecule is Cl.[CH3][Hf]([CH3])([SiH3])[C]1=CC=CC1. The van der Waals surface area contributed by atoms with Crippen LogP contribution in [0.1, 0.15) is 6.42 Å². The van der Waals surface area contributed by atoms with E-state index >= 15 is 0 Å². The molecule has 0 N–H and O–H groups in total. The predicted octanol–water partition coefficient (Wildman–Crippen LogP) is 1.78. The second-order valence-corrected chi connectivity index (χ2v) is 42.5. The first-order valence-corrected chi connectivity index (χ1v) is 24.2. The molecule has 3 heteroatoms. The second-order valence-electron chi connectivity index (χ2n) is 3.57. The molecule has 0 aromatic carbocycles. The van der Waals surface area contributed by atoms with Crippen molar-refractivity contribution in [2.75, 3.05) is 0 Å². The first-order chi connectivity index (χ1) is 4.11. The molecule has 0 aliphatic heterocycles. The Morgan fingerprint density at radius 1 is 1.50 bits per heavy atom. The Morgan fingerprint density at radius 2 is 2.10 bits per heavy atom. The van der Waals surface area contributed by atoms with Crippen LogP contribution in [0.25, 0.3) is 0 Å². The Hall–Kier alpha value is 0.857. The van der Waals surface area contributed by atoms with Crippen LogP contribution in [-0.4, -0.2) is 7.43 Å². The molecule has 10 heavy (non-hydrogen) atoms. The summed E-state index contributed by atoms with van der Waals surface area (Å²) in [6, 6.07) is 0. The Labute approximate surface area is 75.9 Å². The van der Waals surface area contributed by atoms with Gasteiger partial charge in [-0.2, -0.15) is 0 Å². The second kappa shape index (κ2) is 4.03. The van der Waals surface area contributed by atoms with Crippen molar-refractivity contribution in [3.8, 4) is 0 Å². The molecule has 0 radical (unpaired) electrons. The zero-order valence-electron chi connectivity index (χ0n) is 6.85. The van der Waals surface area contributed by atoms with Gasteiger partial charge < -0.3 is 0 Å². The summed E-state index contributed by atoms with van der Waals surface area (Å²) < 4.78 is 6.91. The van der Waals surface area contributed by atoms with Crippen molar-refractivity contribution in [3.63, 3.8) is 0 Å². The third-order valence-corrected chi connectivity index (χ3v) is 15.2. The Bertz CT molecular complexity index is 167. The molecule has 0 amide bonds. The van der Waals surface area contributed by atoms with E-state index in [9.17, 15) is 0 Å². The van der Waals surface area contributed by atoms with E-state index < -0.39 is 19.1 Å². The zero-order valence-corrected chi connectivity index (χ0v) is 13.3. The summed E-state index contributed by atoms with van der Waals surface area (Å²) in [5.74, 6) is 0. The molecule has 1 aliphatic carbocycles. The van der Waals surface area contributed by atoms with Crippen LogP contribution in [0.5, 0.6) is 0 Å². The number of halogens is 1. The quantitative estimate of drug-likeness (QED) is 0.638. The van der Waals surface area contributed by atoms with Gasteiger partial charge in [0.15, 0.2) is 0 Å². The molecule has 0 unspecified atom stereocenters. The third kappa shape index (κ3) is 2.85. The molecule has 1 rings (SSSR count). The fourth-order valence-electron chi connectivity index (χ4n) is 1.00. The van der Waals surface area contributed by atoms with Crippen molar-refractivity contribution in [2.24, 2.45) is 0 Å². The number of rotatable bonds is 1. The molecule has 1 aliphatic rings. The summed E-state index contributed by atoms with van der Waals surface area (Å²) in [6.07, 6.45) is 8.15. The van der Waals surface area contributed by atoms with Crippen molar-refractivity contribution in [3.05, 3.63) is 21.6 Å². The normalized spacial score (nSPS) is 16.8. The Morgan fingerprint density at radius 3 is 2.30 bits per heavy atom. The van der Waals surface area contributed by atoms with Crippen LogP contribution in [0.15, 0.2) is 21.6 Å². The van der Waals surface area contributed by atoms with E-state index in [-0.39, 0.29) is 12.4 Å². The minimum absolute atomic E-state index is 0. The maximum atomic E-state index is 2.54. The van der Waals surface area contributed by atoms with Crippen LogP contribution in [0, 0.1) is 0 Å². The van der Waals surface area contributed by atoms with Gasteiger partial charge in [0.25, 0.3) is 0 Å². The Kier molecular flexibility index (Phi) is 4.37. The van der Waals surface area contributed by atoms with E-state index in [4.69, 9.17) is 0 Å². The van der Waals surface area contributed by atoms with Gasteiger partial charge in [-0.25, -0.2) is 0 Å². The molecule has 0 heterocycles. The predicted molar refractivity (Wildman–Crippen MR) is 50.8 cm³/mol.